The van der Waals surface area contributed by atoms with Crippen molar-refractivity contribution in [1.82, 2.24) is 0 Å². The molecule has 0 spiro atoms. The van der Waals surface area contributed by atoms with Gasteiger partial charge in [-0.3, -0.25) is 0 Å². The van der Waals surface area contributed by atoms with Crippen LogP contribution in [0.15, 0.2) is 48.5 Å². The highest BCUT2D eigenvalue weighted by atomic mass is 15.3. The van der Waals surface area contributed by atoms with Gasteiger partial charge < -0.3 is 15.5 Å². The molecule has 0 aliphatic carbocycles. The van der Waals surface area contributed by atoms with Crippen molar-refractivity contribution in [2.45, 2.75) is 19.4 Å². The first-order valence-corrected chi connectivity index (χ1v) is 7.64. The Kier molecular flexibility index (Phi) is 3.84. The molecule has 0 saturated carbocycles. The Labute approximate surface area is 127 Å². The molecule has 0 aromatic heterocycles. The number of para-hydroxylation sites is 2. The van der Waals surface area contributed by atoms with Crippen molar-refractivity contribution in [3.63, 3.8) is 0 Å². The van der Waals surface area contributed by atoms with Gasteiger partial charge in [-0.25, -0.2) is 0 Å². The van der Waals surface area contributed by atoms with E-state index in [1.165, 1.54) is 22.6 Å². The minimum absolute atomic E-state index is 0.138. The summed E-state index contributed by atoms with van der Waals surface area (Å²) in [4.78, 5) is 4.70. The largest absolute Gasteiger partial charge is 0.371 e. The fraction of sp³-hybridized carbons (Fsp3) is 0.333. The molecule has 0 bridgehead atoms. The molecule has 2 aromatic carbocycles. The second-order valence-electron chi connectivity index (χ2n) is 5.67. The van der Waals surface area contributed by atoms with Gasteiger partial charge in [-0.05, 0) is 36.2 Å². The molecule has 1 heterocycles. The SMILES string of the molecule is CC[C@H](N)c1ccc(N2CCN(C)c3ccccc32)cc1. The molecule has 1 atom stereocenters. The Balaban J connectivity index is 1.93. The summed E-state index contributed by atoms with van der Waals surface area (Å²) in [6.45, 7) is 4.16. The van der Waals surface area contributed by atoms with Crippen LogP contribution >= 0.6 is 0 Å². The molecular weight excluding hydrogens is 258 g/mol. The summed E-state index contributed by atoms with van der Waals surface area (Å²) in [6, 6.07) is 17.4. The number of likely N-dealkylation sites (N-methyl/N-ethyl adjacent to an activating group) is 1. The maximum atomic E-state index is 6.10. The lowest BCUT2D eigenvalue weighted by atomic mass is 10.0. The van der Waals surface area contributed by atoms with Gasteiger partial charge >= 0.3 is 0 Å². The van der Waals surface area contributed by atoms with Gasteiger partial charge in [0.15, 0.2) is 0 Å². The van der Waals surface area contributed by atoms with Gasteiger partial charge in [-0.1, -0.05) is 31.2 Å². The molecule has 21 heavy (non-hydrogen) atoms. The molecule has 3 nitrogen and oxygen atoms in total. The van der Waals surface area contributed by atoms with Crippen LogP contribution in [0, 0.1) is 0 Å². The first-order valence-electron chi connectivity index (χ1n) is 7.64. The average molecular weight is 281 g/mol. The molecule has 3 rings (SSSR count). The number of benzene rings is 2. The molecule has 0 fully saturated rings. The van der Waals surface area contributed by atoms with E-state index in [4.69, 9.17) is 5.73 Å². The molecule has 110 valence electrons. The molecule has 2 aromatic rings. The summed E-state index contributed by atoms with van der Waals surface area (Å²) < 4.78 is 0. The van der Waals surface area contributed by atoms with E-state index in [0.717, 1.165) is 19.5 Å². The zero-order valence-electron chi connectivity index (χ0n) is 12.8. The molecule has 0 amide bonds. The lowest BCUT2D eigenvalue weighted by Crippen LogP contribution is -2.36. The Morgan fingerprint density at radius 1 is 1.00 bits per heavy atom. The first kappa shape index (κ1) is 14.0. The molecular formula is C18H23N3. The normalized spacial score (nSPS) is 15.8. The predicted molar refractivity (Wildman–Crippen MR) is 90.4 cm³/mol. The zero-order valence-corrected chi connectivity index (χ0v) is 12.8. The van der Waals surface area contributed by atoms with Crippen molar-refractivity contribution in [3.05, 3.63) is 54.1 Å². The molecule has 1 aliphatic rings. The quantitative estimate of drug-likeness (QED) is 0.931. The zero-order chi connectivity index (χ0) is 14.8. The maximum absolute atomic E-state index is 6.10. The van der Waals surface area contributed by atoms with E-state index in [0.29, 0.717) is 0 Å². The lowest BCUT2D eigenvalue weighted by molar-refractivity contribution is 0.698. The van der Waals surface area contributed by atoms with E-state index in [1.54, 1.807) is 0 Å². The minimum atomic E-state index is 0.138. The topological polar surface area (TPSA) is 32.5 Å². The van der Waals surface area contributed by atoms with Gasteiger partial charge in [0.05, 0.1) is 11.4 Å². The number of nitrogens with two attached hydrogens (primary N) is 1. The van der Waals surface area contributed by atoms with E-state index in [9.17, 15) is 0 Å². The predicted octanol–water partition coefficient (Wildman–Crippen LogP) is 3.68. The smallest absolute Gasteiger partial charge is 0.0649 e. The molecule has 2 N–H and O–H groups in total. The number of hydrogen-bond acceptors (Lipinski definition) is 3. The van der Waals surface area contributed by atoms with Gasteiger partial charge in [0.1, 0.15) is 0 Å². The summed E-state index contributed by atoms with van der Waals surface area (Å²) in [5.74, 6) is 0. The van der Waals surface area contributed by atoms with Crippen molar-refractivity contribution in [2.75, 3.05) is 29.9 Å². The second-order valence-corrected chi connectivity index (χ2v) is 5.67. The van der Waals surface area contributed by atoms with Crippen LogP contribution in [0.1, 0.15) is 24.9 Å². The third kappa shape index (κ3) is 2.61. The van der Waals surface area contributed by atoms with Gasteiger partial charge in [-0.2, -0.15) is 0 Å². The number of anilines is 3. The Bertz CT molecular complexity index is 606. The van der Waals surface area contributed by atoms with Crippen LogP contribution in [-0.2, 0) is 0 Å². The summed E-state index contributed by atoms with van der Waals surface area (Å²) >= 11 is 0. The highest BCUT2D eigenvalue weighted by Gasteiger charge is 2.20. The Morgan fingerprint density at radius 3 is 2.33 bits per heavy atom. The number of rotatable bonds is 3. The van der Waals surface area contributed by atoms with Crippen LogP contribution in [0.5, 0.6) is 0 Å². The summed E-state index contributed by atoms with van der Waals surface area (Å²) in [5, 5.41) is 0. The van der Waals surface area contributed by atoms with Gasteiger partial charge in [0, 0.05) is 31.9 Å². The van der Waals surface area contributed by atoms with E-state index in [1.807, 2.05) is 0 Å². The second kappa shape index (κ2) is 5.78. The van der Waals surface area contributed by atoms with Crippen LogP contribution in [0.2, 0.25) is 0 Å². The van der Waals surface area contributed by atoms with Gasteiger partial charge in [0.2, 0.25) is 0 Å². The van der Waals surface area contributed by atoms with Crippen LogP contribution in [0.25, 0.3) is 0 Å². The third-order valence-corrected chi connectivity index (χ3v) is 4.32. The van der Waals surface area contributed by atoms with Crippen molar-refractivity contribution in [1.29, 1.82) is 0 Å². The molecule has 0 saturated heterocycles. The Hall–Kier alpha value is -2.00. The highest BCUT2D eigenvalue weighted by molar-refractivity contribution is 5.79. The van der Waals surface area contributed by atoms with Crippen LogP contribution in [-0.4, -0.2) is 20.1 Å². The van der Waals surface area contributed by atoms with E-state index in [-0.39, 0.29) is 6.04 Å². The monoisotopic (exact) mass is 281 g/mol. The van der Waals surface area contributed by atoms with Crippen LogP contribution in [0.4, 0.5) is 17.1 Å². The highest BCUT2D eigenvalue weighted by Crippen LogP contribution is 2.36. The summed E-state index contributed by atoms with van der Waals surface area (Å²) in [5.41, 5.74) is 11.1. The fourth-order valence-corrected chi connectivity index (χ4v) is 2.91. The van der Waals surface area contributed by atoms with Gasteiger partial charge in [0.25, 0.3) is 0 Å². The number of hydrogen-bond donors (Lipinski definition) is 1. The number of nitrogens with zero attached hydrogens (tertiary/aromatic N) is 2. The van der Waals surface area contributed by atoms with Crippen LogP contribution in [0.3, 0.4) is 0 Å². The number of fused-ring (bicyclic) bond motifs is 1. The standard InChI is InChI=1S/C18H23N3/c1-3-16(19)14-8-10-15(11-9-14)21-13-12-20(2)17-6-4-5-7-18(17)21/h4-11,16H,3,12-13,19H2,1-2H3/t16-/m0/s1. The lowest BCUT2D eigenvalue weighted by Gasteiger charge is -2.37. The molecule has 0 unspecified atom stereocenters. The van der Waals surface area contributed by atoms with Crippen LogP contribution < -0.4 is 15.5 Å². The van der Waals surface area contributed by atoms with E-state index >= 15 is 0 Å². The minimum Gasteiger partial charge on any atom is -0.371 e. The van der Waals surface area contributed by atoms with Crippen molar-refractivity contribution < 1.29 is 0 Å². The maximum Gasteiger partial charge on any atom is 0.0649 e. The first-order chi connectivity index (χ1) is 10.2. The van der Waals surface area contributed by atoms with Crippen molar-refractivity contribution in [2.24, 2.45) is 5.73 Å². The van der Waals surface area contributed by atoms with E-state index < -0.39 is 0 Å². The van der Waals surface area contributed by atoms with E-state index in [2.05, 4.69) is 72.3 Å². The fourth-order valence-electron chi connectivity index (χ4n) is 2.91. The third-order valence-electron chi connectivity index (χ3n) is 4.32. The summed E-state index contributed by atoms with van der Waals surface area (Å²) in [7, 11) is 2.15. The van der Waals surface area contributed by atoms with Crippen molar-refractivity contribution in [3.8, 4) is 0 Å². The average Bonchev–Trinajstić information content (AvgIpc) is 2.55. The molecule has 0 radical (unpaired) electrons. The summed E-state index contributed by atoms with van der Waals surface area (Å²) in [6.07, 6.45) is 0.969. The van der Waals surface area contributed by atoms with Gasteiger partial charge in [-0.15, -0.1) is 0 Å². The molecule has 3 heteroatoms. The Morgan fingerprint density at radius 2 is 1.67 bits per heavy atom. The van der Waals surface area contributed by atoms with Crippen molar-refractivity contribution >= 4 is 17.1 Å². The molecule has 1 aliphatic heterocycles.